The Balaban J connectivity index is 2.03. The molecule has 1 amide bonds. The summed E-state index contributed by atoms with van der Waals surface area (Å²) in [5, 5.41) is 13.2. The minimum atomic E-state index is -0.981. The first-order valence-corrected chi connectivity index (χ1v) is 10.5. The van der Waals surface area contributed by atoms with Crippen molar-refractivity contribution in [1.29, 1.82) is 0 Å². The van der Waals surface area contributed by atoms with Crippen molar-refractivity contribution in [2.24, 2.45) is 15.8 Å². The summed E-state index contributed by atoms with van der Waals surface area (Å²) in [5.74, 6) is 0.585. The third kappa shape index (κ3) is 5.97. The molecule has 1 fully saturated rings. The van der Waals surface area contributed by atoms with E-state index in [1.165, 1.54) is 30.6 Å². The maximum Gasteiger partial charge on any atom is 0.415 e. The molecule has 0 aromatic carbocycles. The Hall–Kier alpha value is -1.56. The number of aliphatic imine (C=N–C) groups is 1. The number of hydrogen-bond donors (Lipinski definition) is 2. The predicted octanol–water partition coefficient (Wildman–Crippen LogP) is 4.44. The molecule has 2 atom stereocenters. The lowest BCUT2D eigenvalue weighted by Crippen LogP contribution is -2.46. The van der Waals surface area contributed by atoms with Crippen LogP contribution in [0.4, 0.5) is 4.79 Å². The highest BCUT2D eigenvalue weighted by molar-refractivity contribution is 5.97. The second kappa shape index (κ2) is 8.44. The van der Waals surface area contributed by atoms with Gasteiger partial charge in [0, 0.05) is 7.05 Å². The van der Waals surface area contributed by atoms with Crippen LogP contribution in [-0.2, 0) is 4.74 Å². The first-order chi connectivity index (χ1) is 12.9. The minimum absolute atomic E-state index is 0.0693. The number of nitrogens with one attached hydrogen (secondary N) is 1. The summed E-state index contributed by atoms with van der Waals surface area (Å²) in [6, 6.07) is 0. The molecule has 1 heterocycles. The number of likely N-dealkylation sites (N-methyl/N-ethyl adjacent to an activating group) is 1. The SMILES string of the molecule is CCCC[C@]1(C)CC(OC(=O)N(C)C2=NC=C(C(C)(C)O)NC2)CC(C)(C)C1. The van der Waals surface area contributed by atoms with E-state index in [0.29, 0.717) is 18.1 Å². The molecule has 0 spiro atoms. The molecule has 0 saturated heterocycles. The summed E-state index contributed by atoms with van der Waals surface area (Å²) in [6.45, 7) is 12.9. The number of hydrogen-bond acceptors (Lipinski definition) is 5. The molecule has 2 N–H and O–H groups in total. The van der Waals surface area contributed by atoms with Crippen molar-refractivity contribution >= 4 is 11.9 Å². The molecule has 160 valence electrons. The summed E-state index contributed by atoms with van der Waals surface area (Å²) in [5.41, 5.74) is 0.0393. The van der Waals surface area contributed by atoms with Gasteiger partial charge in [-0.1, -0.05) is 40.5 Å². The fourth-order valence-corrected chi connectivity index (χ4v) is 4.73. The van der Waals surface area contributed by atoms with E-state index < -0.39 is 5.60 Å². The third-order valence-electron chi connectivity index (χ3n) is 5.91. The van der Waals surface area contributed by atoms with Crippen LogP contribution in [0.3, 0.4) is 0 Å². The van der Waals surface area contributed by atoms with Crippen LogP contribution in [0.2, 0.25) is 0 Å². The molecule has 1 saturated carbocycles. The van der Waals surface area contributed by atoms with Gasteiger partial charge in [0.15, 0.2) is 0 Å². The van der Waals surface area contributed by atoms with Crippen LogP contribution < -0.4 is 5.32 Å². The Morgan fingerprint density at radius 2 is 2.07 bits per heavy atom. The highest BCUT2D eigenvalue weighted by Crippen LogP contribution is 2.49. The van der Waals surface area contributed by atoms with Crippen LogP contribution >= 0.6 is 0 Å². The molecule has 1 aliphatic heterocycles. The molecule has 1 aliphatic carbocycles. The first-order valence-electron chi connectivity index (χ1n) is 10.5. The van der Waals surface area contributed by atoms with Gasteiger partial charge < -0.3 is 15.2 Å². The van der Waals surface area contributed by atoms with E-state index in [-0.39, 0.29) is 23.0 Å². The maximum atomic E-state index is 12.8. The second-order valence-corrected chi connectivity index (χ2v) is 10.2. The van der Waals surface area contributed by atoms with Crippen LogP contribution in [0.5, 0.6) is 0 Å². The lowest BCUT2D eigenvalue weighted by molar-refractivity contribution is -0.0286. The number of unbranched alkanes of at least 4 members (excludes halogenated alkanes) is 1. The Bertz CT molecular complexity index is 633. The fourth-order valence-electron chi connectivity index (χ4n) is 4.73. The van der Waals surface area contributed by atoms with Crippen LogP contribution in [0, 0.1) is 10.8 Å². The number of carbonyl (C=O) groups excluding carboxylic acids is 1. The Kier molecular flexibility index (Phi) is 6.85. The number of carbonyl (C=O) groups is 1. The summed E-state index contributed by atoms with van der Waals surface area (Å²) >= 11 is 0. The smallest absolute Gasteiger partial charge is 0.415 e. The van der Waals surface area contributed by atoms with E-state index in [1.807, 2.05) is 0 Å². The Morgan fingerprint density at radius 1 is 1.39 bits per heavy atom. The van der Waals surface area contributed by atoms with E-state index in [0.717, 1.165) is 12.8 Å². The summed E-state index contributed by atoms with van der Waals surface area (Å²) in [6.07, 6.45) is 7.71. The molecule has 6 heteroatoms. The monoisotopic (exact) mass is 393 g/mol. The standard InChI is InChI=1S/C22H39N3O3/c1-8-9-10-22(6)12-16(11-20(2,3)15-22)28-19(26)25(7)18-14-23-17(13-24-18)21(4,5)27/h13,16,23,27H,8-12,14-15H2,1-7H3/t16?,22-/m1/s1. The molecular weight excluding hydrogens is 354 g/mol. The maximum absolute atomic E-state index is 12.8. The Labute approximate surface area is 170 Å². The van der Waals surface area contributed by atoms with Gasteiger partial charge in [-0.05, 0) is 50.4 Å². The third-order valence-corrected chi connectivity index (χ3v) is 5.91. The zero-order valence-electron chi connectivity index (χ0n) is 18.8. The van der Waals surface area contributed by atoms with E-state index in [9.17, 15) is 9.90 Å². The number of rotatable bonds is 5. The van der Waals surface area contributed by atoms with Gasteiger partial charge in [0.05, 0.1) is 24.0 Å². The lowest BCUT2D eigenvalue weighted by Gasteiger charge is -2.46. The van der Waals surface area contributed by atoms with Crippen molar-refractivity contribution in [3.05, 3.63) is 11.9 Å². The fraction of sp³-hybridized carbons (Fsp3) is 0.818. The molecule has 2 rings (SSSR count). The zero-order valence-corrected chi connectivity index (χ0v) is 18.8. The van der Waals surface area contributed by atoms with Gasteiger partial charge in [-0.2, -0.15) is 0 Å². The number of nitrogens with zero attached hydrogens (tertiary/aromatic N) is 2. The molecule has 0 bridgehead atoms. The van der Waals surface area contributed by atoms with Gasteiger partial charge in [-0.15, -0.1) is 0 Å². The molecule has 0 aromatic heterocycles. The van der Waals surface area contributed by atoms with Gasteiger partial charge in [-0.25, -0.2) is 9.79 Å². The van der Waals surface area contributed by atoms with E-state index >= 15 is 0 Å². The van der Waals surface area contributed by atoms with Crippen LogP contribution in [0.15, 0.2) is 16.9 Å². The van der Waals surface area contributed by atoms with E-state index in [1.54, 1.807) is 27.1 Å². The van der Waals surface area contributed by atoms with Crippen LogP contribution in [0.25, 0.3) is 0 Å². The second-order valence-electron chi connectivity index (χ2n) is 10.2. The van der Waals surface area contributed by atoms with E-state index in [2.05, 4.69) is 38.0 Å². The summed E-state index contributed by atoms with van der Waals surface area (Å²) < 4.78 is 5.92. The molecule has 28 heavy (non-hydrogen) atoms. The molecular formula is C22H39N3O3. The average Bonchev–Trinajstić information content (AvgIpc) is 2.57. The summed E-state index contributed by atoms with van der Waals surface area (Å²) in [4.78, 5) is 18.6. The minimum Gasteiger partial charge on any atom is -0.446 e. The predicted molar refractivity (Wildman–Crippen MR) is 113 cm³/mol. The Morgan fingerprint density at radius 3 is 2.61 bits per heavy atom. The normalized spacial score (nSPS) is 27.4. The molecule has 2 aliphatic rings. The van der Waals surface area contributed by atoms with Gasteiger partial charge in [0.1, 0.15) is 11.9 Å². The van der Waals surface area contributed by atoms with Crippen molar-refractivity contribution in [2.75, 3.05) is 13.6 Å². The number of ether oxygens (including phenoxy) is 1. The highest BCUT2D eigenvalue weighted by atomic mass is 16.6. The first kappa shape index (κ1) is 22.7. The van der Waals surface area contributed by atoms with Crippen molar-refractivity contribution in [1.82, 2.24) is 10.2 Å². The molecule has 0 aromatic rings. The molecule has 6 nitrogen and oxygen atoms in total. The largest absolute Gasteiger partial charge is 0.446 e. The van der Waals surface area contributed by atoms with Crippen molar-refractivity contribution < 1.29 is 14.6 Å². The number of amidine groups is 1. The van der Waals surface area contributed by atoms with Crippen LogP contribution in [-0.4, -0.2) is 47.2 Å². The average molecular weight is 394 g/mol. The lowest BCUT2D eigenvalue weighted by atomic mass is 9.62. The molecule has 1 unspecified atom stereocenters. The summed E-state index contributed by atoms with van der Waals surface area (Å²) in [7, 11) is 1.69. The van der Waals surface area contributed by atoms with Gasteiger partial charge >= 0.3 is 6.09 Å². The van der Waals surface area contributed by atoms with Crippen molar-refractivity contribution in [3.63, 3.8) is 0 Å². The van der Waals surface area contributed by atoms with E-state index in [4.69, 9.17) is 4.74 Å². The van der Waals surface area contributed by atoms with Crippen molar-refractivity contribution in [2.45, 2.75) is 91.8 Å². The topological polar surface area (TPSA) is 74.2 Å². The van der Waals surface area contributed by atoms with Gasteiger partial charge in [-0.3, -0.25) is 4.90 Å². The highest BCUT2D eigenvalue weighted by Gasteiger charge is 2.42. The van der Waals surface area contributed by atoms with Gasteiger partial charge in [0.2, 0.25) is 0 Å². The molecule has 0 radical (unpaired) electrons. The zero-order chi connectivity index (χ0) is 21.2. The number of amides is 1. The van der Waals surface area contributed by atoms with Gasteiger partial charge in [0.25, 0.3) is 0 Å². The van der Waals surface area contributed by atoms with Crippen LogP contribution in [0.1, 0.15) is 80.1 Å². The van der Waals surface area contributed by atoms with Crippen molar-refractivity contribution in [3.8, 4) is 0 Å². The quantitative estimate of drug-likeness (QED) is 0.724. The number of aliphatic hydroxyl groups is 1.